The van der Waals surface area contributed by atoms with Crippen LogP contribution in [0.2, 0.25) is 0 Å². The third-order valence-electron chi connectivity index (χ3n) is 3.79. The van der Waals surface area contributed by atoms with Crippen molar-refractivity contribution in [2.45, 2.75) is 32.7 Å². The first-order valence-corrected chi connectivity index (χ1v) is 8.19. The van der Waals surface area contributed by atoms with E-state index in [2.05, 4.69) is 48.7 Å². The van der Waals surface area contributed by atoms with Crippen molar-refractivity contribution in [2.75, 3.05) is 5.32 Å². The molecule has 2 aromatic rings. The summed E-state index contributed by atoms with van der Waals surface area (Å²) in [6.07, 6.45) is 0. The van der Waals surface area contributed by atoms with Gasteiger partial charge in [0.1, 0.15) is 0 Å². The zero-order valence-corrected chi connectivity index (χ0v) is 14.8. The number of rotatable bonds is 5. The molecule has 0 aliphatic carbocycles. The Hall–Kier alpha value is -2.47. The highest BCUT2D eigenvalue weighted by molar-refractivity contribution is 7.80. The quantitative estimate of drug-likeness (QED) is 0.465. The first-order chi connectivity index (χ1) is 11.4. The van der Waals surface area contributed by atoms with E-state index in [1.165, 1.54) is 17.7 Å². The molecule has 2 aromatic carbocycles. The van der Waals surface area contributed by atoms with Gasteiger partial charge in [-0.15, -0.1) is 0 Å². The van der Waals surface area contributed by atoms with Gasteiger partial charge in [-0.05, 0) is 48.3 Å². The number of anilines is 1. The third kappa shape index (κ3) is 4.76. The van der Waals surface area contributed by atoms with E-state index in [1.807, 2.05) is 6.92 Å². The maximum Gasteiger partial charge on any atom is 0.269 e. The van der Waals surface area contributed by atoms with Crippen molar-refractivity contribution in [3.63, 3.8) is 0 Å². The summed E-state index contributed by atoms with van der Waals surface area (Å²) in [7, 11) is 0. The van der Waals surface area contributed by atoms with Crippen molar-refractivity contribution in [3.8, 4) is 0 Å². The highest BCUT2D eigenvalue weighted by atomic mass is 32.1. The van der Waals surface area contributed by atoms with Gasteiger partial charge in [0.25, 0.3) is 5.69 Å². The van der Waals surface area contributed by atoms with Crippen LogP contribution in [0.25, 0.3) is 0 Å². The van der Waals surface area contributed by atoms with E-state index < -0.39 is 4.92 Å². The molecule has 0 bridgehead atoms. The van der Waals surface area contributed by atoms with Crippen LogP contribution in [0.3, 0.4) is 0 Å². The highest BCUT2D eigenvalue weighted by Gasteiger charge is 2.09. The first-order valence-electron chi connectivity index (χ1n) is 7.78. The van der Waals surface area contributed by atoms with Gasteiger partial charge in [0, 0.05) is 17.8 Å². The molecule has 2 N–H and O–H groups in total. The molecule has 2 rings (SSSR count). The van der Waals surface area contributed by atoms with Crippen molar-refractivity contribution in [1.82, 2.24) is 5.32 Å². The number of nitrogens with one attached hydrogen (secondary N) is 2. The average Bonchev–Trinajstić information content (AvgIpc) is 2.55. The Bertz CT molecular complexity index is 712. The van der Waals surface area contributed by atoms with Gasteiger partial charge in [0.05, 0.1) is 11.0 Å². The second-order valence-electron chi connectivity index (χ2n) is 5.95. The van der Waals surface area contributed by atoms with Gasteiger partial charge >= 0.3 is 0 Å². The van der Waals surface area contributed by atoms with Crippen LogP contribution in [0.4, 0.5) is 11.4 Å². The summed E-state index contributed by atoms with van der Waals surface area (Å²) in [4.78, 5) is 10.2. The van der Waals surface area contributed by atoms with Crippen LogP contribution >= 0.6 is 12.2 Å². The second kappa shape index (κ2) is 7.88. The lowest BCUT2D eigenvalue weighted by atomic mass is 10.00. The Morgan fingerprint density at radius 3 is 2.04 bits per heavy atom. The van der Waals surface area contributed by atoms with E-state index in [4.69, 9.17) is 12.2 Å². The summed E-state index contributed by atoms with van der Waals surface area (Å²) >= 11 is 5.31. The van der Waals surface area contributed by atoms with Crippen LogP contribution in [0, 0.1) is 10.1 Å². The summed E-state index contributed by atoms with van der Waals surface area (Å²) in [5.41, 5.74) is 3.21. The summed E-state index contributed by atoms with van der Waals surface area (Å²) in [5.74, 6) is 0.507. The van der Waals surface area contributed by atoms with E-state index in [1.54, 1.807) is 12.1 Å². The monoisotopic (exact) mass is 343 g/mol. The van der Waals surface area contributed by atoms with Crippen molar-refractivity contribution in [2.24, 2.45) is 0 Å². The number of benzene rings is 2. The van der Waals surface area contributed by atoms with Gasteiger partial charge in [-0.1, -0.05) is 38.1 Å². The molecule has 0 saturated heterocycles. The van der Waals surface area contributed by atoms with Gasteiger partial charge < -0.3 is 10.6 Å². The van der Waals surface area contributed by atoms with Crippen molar-refractivity contribution in [1.29, 1.82) is 0 Å². The number of non-ortho nitro benzene ring substituents is 1. The molecule has 5 nitrogen and oxygen atoms in total. The topological polar surface area (TPSA) is 67.2 Å². The Labute approximate surface area is 147 Å². The summed E-state index contributed by atoms with van der Waals surface area (Å²) in [6.45, 7) is 6.37. The van der Waals surface area contributed by atoms with Crippen LogP contribution < -0.4 is 10.6 Å². The van der Waals surface area contributed by atoms with Gasteiger partial charge in [0.15, 0.2) is 5.11 Å². The minimum absolute atomic E-state index is 0.0537. The number of nitro groups is 1. The van der Waals surface area contributed by atoms with Crippen molar-refractivity contribution in [3.05, 3.63) is 69.8 Å². The molecule has 0 radical (unpaired) electrons. The second-order valence-corrected chi connectivity index (χ2v) is 6.35. The molecule has 0 spiro atoms. The summed E-state index contributed by atoms with van der Waals surface area (Å²) in [6, 6.07) is 14.7. The van der Waals surface area contributed by atoms with Crippen LogP contribution in [-0.4, -0.2) is 10.0 Å². The number of thiocarbonyl (C=S) groups is 1. The first kappa shape index (κ1) is 17.9. The lowest BCUT2D eigenvalue weighted by molar-refractivity contribution is -0.384. The molecule has 24 heavy (non-hydrogen) atoms. The number of hydrogen-bond acceptors (Lipinski definition) is 3. The molecule has 0 fully saturated rings. The van der Waals surface area contributed by atoms with Crippen molar-refractivity contribution < 1.29 is 4.92 Å². The molecule has 0 saturated carbocycles. The smallest absolute Gasteiger partial charge is 0.269 e. The molecule has 1 unspecified atom stereocenters. The fourth-order valence-corrected chi connectivity index (χ4v) is 2.58. The van der Waals surface area contributed by atoms with E-state index in [0.29, 0.717) is 16.7 Å². The van der Waals surface area contributed by atoms with E-state index in [9.17, 15) is 10.1 Å². The molecule has 0 aliphatic rings. The highest BCUT2D eigenvalue weighted by Crippen LogP contribution is 2.19. The van der Waals surface area contributed by atoms with Gasteiger partial charge in [-0.25, -0.2) is 0 Å². The lowest BCUT2D eigenvalue weighted by Crippen LogP contribution is -2.30. The largest absolute Gasteiger partial charge is 0.356 e. The summed E-state index contributed by atoms with van der Waals surface area (Å²) in [5, 5.41) is 17.4. The lowest BCUT2D eigenvalue weighted by Gasteiger charge is -2.18. The standard InChI is InChI=1S/C18H21N3O2S/c1-12(2)14-4-6-15(7-5-14)13(3)19-18(24)20-16-8-10-17(11-9-16)21(22)23/h4-13H,1-3H3,(H2,19,20,24). The maximum atomic E-state index is 10.6. The summed E-state index contributed by atoms with van der Waals surface area (Å²) < 4.78 is 0. The van der Waals surface area contributed by atoms with Crippen LogP contribution in [-0.2, 0) is 0 Å². The Balaban J connectivity index is 1.94. The van der Waals surface area contributed by atoms with Gasteiger partial charge in [-0.2, -0.15) is 0 Å². The molecule has 126 valence electrons. The average molecular weight is 343 g/mol. The fraction of sp³-hybridized carbons (Fsp3) is 0.278. The fourth-order valence-electron chi connectivity index (χ4n) is 2.28. The molecule has 1 atom stereocenters. The third-order valence-corrected chi connectivity index (χ3v) is 4.01. The number of nitro benzene ring substituents is 1. The number of hydrogen-bond donors (Lipinski definition) is 2. The van der Waals surface area contributed by atoms with Crippen LogP contribution in [0.15, 0.2) is 48.5 Å². The van der Waals surface area contributed by atoms with Crippen LogP contribution in [0.5, 0.6) is 0 Å². The van der Waals surface area contributed by atoms with Crippen molar-refractivity contribution >= 4 is 28.7 Å². The molecule has 6 heteroatoms. The maximum absolute atomic E-state index is 10.6. The minimum atomic E-state index is -0.427. The minimum Gasteiger partial charge on any atom is -0.356 e. The zero-order chi connectivity index (χ0) is 17.7. The molecule has 0 aliphatic heterocycles. The van der Waals surface area contributed by atoms with Gasteiger partial charge in [0.2, 0.25) is 0 Å². The molecular formula is C18H21N3O2S. The Morgan fingerprint density at radius 2 is 1.54 bits per heavy atom. The molecule has 0 aromatic heterocycles. The molecule has 0 amide bonds. The van der Waals surface area contributed by atoms with Gasteiger partial charge in [-0.3, -0.25) is 10.1 Å². The Morgan fingerprint density at radius 1 is 1.00 bits per heavy atom. The van der Waals surface area contributed by atoms with E-state index >= 15 is 0 Å². The number of nitrogens with zero attached hydrogens (tertiary/aromatic N) is 1. The normalized spacial score (nSPS) is 11.8. The van der Waals surface area contributed by atoms with E-state index in [0.717, 1.165) is 5.56 Å². The molecule has 0 heterocycles. The zero-order valence-electron chi connectivity index (χ0n) is 13.9. The Kier molecular flexibility index (Phi) is 5.87. The predicted octanol–water partition coefficient (Wildman–Crippen LogP) is 4.77. The van der Waals surface area contributed by atoms with Crippen LogP contribution in [0.1, 0.15) is 43.9 Å². The predicted molar refractivity (Wildman–Crippen MR) is 101 cm³/mol. The molecular weight excluding hydrogens is 322 g/mol. The van der Waals surface area contributed by atoms with E-state index in [-0.39, 0.29) is 11.7 Å². The SMILES string of the molecule is CC(C)c1ccc(C(C)NC(=S)Nc2ccc([N+](=O)[O-])cc2)cc1.